The molecule has 3 N–H and O–H groups in total. The Hall–Kier alpha value is -2.47. The summed E-state index contributed by atoms with van der Waals surface area (Å²) in [5.74, 6) is 6.05. The number of hydrogen-bond donors (Lipinski definition) is 2. The smallest absolute Gasteiger partial charge is 0.301 e. The maximum absolute atomic E-state index is 11.4. The molecule has 2 rings (SSSR count). The number of nitrogens with two attached hydrogens (primary N) is 1. The fourth-order valence-electron chi connectivity index (χ4n) is 1.57. The minimum absolute atomic E-state index is 0.144. The van der Waals surface area contributed by atoms with Crippen LogP contribution >= 0.6 is 0 Å². The summed E-state index contributed by atoms with van der Waals surface area (Å²) in [6.07, 6.45) is 1.41. The Bertz CT molecular complexity index is 565. The first kappa shape index (κ1) is 13.0. The second kappa shape index (κ2) is 5.92. The van der Waals surface area contributed by atoms with Crippen LogP contribution in [0.1, 0.15) is 16.1 Å². The van der Waals surface area contributed by atoms with E-state index in [1.165, 1.54) is 6.26 Å². The van der Waals surface area contributed by atoms with Crippen LogP contribution in [0.3, 0.4) is 0 Å². The van der Waals surface area contributed by atoms with Crippen LogP contribution in [0.15, 0.2) is 41.0 Å². The van der Waals surface area contributed by atoms with Crippen molar-refractivity contribution in [1.29, 1.82) is 0 Å². The molecule has 0 aliphatic rings. The second-order valence-electron chi connectivity index (χ2n) is 3.72. The van der Waals surface area contributed by atoms with Gasteiger partial charge in [0.25, 0.3) is 0 Å². The maximum Gasteiger partial charge on any atom is 0.301 e. The summed E-state index contributed by atoms with van der Waals surface area (Å²) in [5.41, 5.74) is 2.63. The number of nitrogen functional groups attached to an aromatic ring is 1. The van der Waals surface area contributed by atoms with Crippen molar-refractivity contribution >= 4 is 5.91 Å². The Morgan fingerprint density at radius 2 is 2.16 bits per heavy atom. The fraction of sp³-hybridized carbons (Fsp3) is 0.154. The number of carbonyl (C=O) groups excluding carboxylic acids is 1. The van der Waals surface area contributed by atoms with Crippen molar-refractivity contribution in [3.05, 3.63) is 47.9 Å². The van der Waals surface area contributed by atoms with Crippen LogP contribution in [0, 0.1) is 0 Å². The third-order valence-electron chi connectivity index (χ3n) is 2.52. The summed E-state index contributed by atoms with van der Waals surface area (Å²) in [5, 5.41) is 0. The Morgan fingerprint density at radius 1 is 1.37 bits per heavy atom. The number of furan rings is 1. The SMILES string of the molecule is COc1cccc(OCc2ccoc2C(=O)NN)c1. The molecule has 1 aromatic carbocycles. The zero-order chi connectivity index (χ0) is 13.7. The van der Waals surface area contributed by atoms with Gasteiger partial charge in [-0.25, -0.2) is 5.84 Å². The second-order valence-corrected chi connectivity index (χ2v) is 3.72. The number of hydrazine groups is 1. The molecule has 0 bridgehead atoms. The van der Waals surface area contributed by atoms with Crippen LogP contribution in [0.5, 0.6) is 11.5 Å². The average Bonchev–Trinajstić information content (AvgIpc) is 2.93. The summed E-state index contributed by atoms with van der Waals surface area (Å²) in [6.45, 7) is 0.201. The van der Waals surface area contributed by atoms with Crippen LogP contribution in [-0.4, -0.2) is 13.0 Å². The number of ether oxygens (including phenoxy) is 2. The molecule has 0 saturated heterocycles. The van der Waals surface area contributed by atoms with E-state index in [-0.39, 0.29) is 12.4 Å². The van der Waals surface area contributed by atoms with Crippen LogP contribution in [0.4, 0.5) is 0 Å². The van der Waals surface area contributed by atoms with E-state index in [0.717, 1.165) is 0 Å². The molecule has 1 heterocycles. The molecule has 0 saturated carbocycles. The predicted molar refractivity (Wildman–Crippen MR) is 67.7 cm³/mol. The molecule has 1 amide bonds. The summed E-state index contributed by atoms with van der Waals surface area (Å²) in [4.78, 5) is 11.4. The Labute approximate surface area is 110 Å². The van der Waals surface area contributed by atoms with Crippen molar-refractivity contribution in [1.82, 2.24) is 5.43 Å². The highest BCUT2D eigenvalue weighted by Gasteiger charge is 2.14. The average molecular weight is 262 g/mol. The molecule has 100 valence electrons. The van der Waals surface area contributed by atoms with Crippen LogP contribution < -0.4 is 20.7 Å². The van der Waals surface area contributed by atoms with E-state index in [4.69, 9.17) is 19.7 Å². The van der Waals surface area contributed by atoms with Gasteiger partial charge in [0, 0.05) is 11.6 Å². The van der Waals surface area contributed by atoms with E-state index in [2.05, 4.69) is 0 Å². The lowest BCUT2D eigenvalue weighted by Gasteiger charge is -2.07. The number of nitrogens with one attached hydrogen (secondary N) is 1. The fourth-order valence-corrected chi connectivity index (χ4v) is 1.57. The number of benzene rings is 1. The van der Waals surface area contributed by atoms with Crippen LogP contribution in [-0.2, 0) is 6.61 Å². The maximum atomic E-state index is 11.4. The molecular formula is C13H14N2O4. The Balaban J connectivity index is 2.06. The minimum Gasteiger partial charge on any atom is -0.497 e. The van der Waals surface area contributed by atoms with E-state index in [0.29, 0.717) is 17.1 Å². The van der Waals surface area contributed by atoms with E-state index < -0.39 is 5.91 Å². The van der Waals surface area contributed by atoms with Gasteiger partial charge in [0.2, 0.25) is 0 Å². The standard InChI is InChI=1S/C13H14N2O4/c1-17-10-3-2-4-11(7-10)19-8-9-5-6-18-12(9)13(16)15-14/h2-7H,8,14H2,1H3,(H,15,16). The summed E-state index contributed by atoms with van der Waals surface area (Å²) in [7, 11) is 1.58. The van der Waals surface area contributed by atoms with Gasteiger partial charge in [0.1, 0.15) is 18.1 Å². The van der Waals surface area contributed by atoms with Crippen molar-refractivity contribution < 1.29 is 18.7 Å². The predicted octanol–water partition coefficient (Wildman–Crippen LogP) is 1.47. The molecule has 0 radical (unpaired) electrons. The highest BCUT2D eigenvalue weighted by atomic mass is 16.5. The summed E-state index contributed by atoms with van der Waals surface area (Å²) in [6, 6.07) is 8.84. The first-order valence-electron chi connectivity index (χ1n) is 5.58. The van der Waals surface area contributed by atoms with E-state index >= 15 is 0 Å². The van der Waals surface area contributed by atoms with Gasteiger partial charge in [0.15, 0.2) is 5.76 Å². The number of carbonyl (C=O) groups is 1. The summed E-state index contributed by atoms with van der Waals surface area (Å²) >= 11 is 0. The molecule has 0 spiro atoms. The molecule has 6 nitrogen and oxygen atoms in total. The van der Waals surface area contributed by atoms with Crippen LogP contribution in [0.25, 0.3) is 0 Å². The molecule has 0 atom stereocenters. The lowest BCUT2D eigenvalue weighted by Crippen LogP contribution is -2.30. The molecule has 0 aliphatic heterocycles. The monoisotopic (exact) mass is 262 g/mol. The van der Waals surface area contributed by atoms with Gasteiger partial charge >= 0.3 is 5.91 Å². The molecule has 0 aliphatic carbocycles. The van der Waals surface area contributed by atoms with Crippen molar-refractivity contribution in [3.63, 3.8) is 0 Å². The van der Waals surface area contributed by atoms with Gasteiger partial charge in [-0.05, 0) is 18.2 Å². The highest BCUT2D eigenvalue weighted by Crippen LogP contribution is 2.21. The highest BCUT2D eigenvalue weighted by molar-refractivity contribution is 5.92. The van der Waals surface area contributed by atoms with E-state index in [9.17, 15) is 4.79 Å². The van der Waals surface area contributed by atoms with E-state index in [1.54, 1.807) is 25.3 Å². The topological polar surface area (TPSA) is 86.7 Å². The molecule has 2 aromatic rings. The molecule has 19 heavy (non-hydrogen) atoms. The van der Waals surface area contributed by atoms with Gasteiger partial charge in [0.05, 0.1) is 13.4 Å². The lowest BCUT2D eigenvalue weighted by atomic mass is 10.2. The minimum atomic E-state index is -0.491. The first-order valence-corrected chi connectivity index (χ1v) is 5.58. The first-order chi connectivity index (χ1) is 9.24. The number of amides is 1. The quantitative estimate of drug-likeness (QED) is 0.484. The third-order valence-corrected chi connectivity index (χ3v) is 2.52. The lowest BCUT2D eigenvalue weighted by molar-refractivity contribution is 0.0922. The molecule has 0 fully saturated rings. The zero-order valence-electron chi connectivity index (χ0n) is 10.4. The normalized spacial score (nSPS) is 10.0. The molecule has 6 heteroatoms. The number of methoxy groups -OCH3 is 1. The van der Waals surface area contributed by atoms with Crippen molar-refractivity contribution in [3.8, 4) is 11.5 Å². The van der Waals surface area contributed by atoms with Crippen molar-refractivity contribution in [2.75, 3.05) is 7.11 Å². The van der Waals surface area contributed by atoms with Gasteiger partial charge in [-0.3, -0.25) is 10.2 Å². The third kappa shape index (κ3) is 3.05. The molecule has 1 aromatic heterocycles. The largest absolute Gasteiger partial charge is 0.497 e. The van der Waals surface area contributed by atoms with Gasteiger partial charge in [-0.15, -0.1) is 0 Å². The number of hydrogen-bond acceptors (Lipinski definition) is 5. The van der Waals surface area contributed by atoms with E-state index in [1.807, 2.05) is 17.6 Å². The molecule has 0 unspecified atom stereocenters. The number of rotatable bonds is 5. The van der Waals surface area contributed by atoms with Crippen molar-refractivity contribution in [2.45, 2.75) is 6.61 Å². The Kier molecular flexibility index (Phi) is 4.04. The van der Waals surface area contributed by atoms with Crippen LogP contribution in [0.2, 0.25) is 0 Å². The van der Waals surface area contributed by atoms with Gasteiger partial charge < -0.3 is 13.9 Å². The van der Waals surface area contributed by atoms with Gasteiger partial charge in [-0.2, -0.15) is 0 Å². The zero-order valence-corrected chi connectivity index (χ0v) is 10.4. The molecular weight excluding hydrogens is 248 g/mol. The Morgan fingerprint density at radius 3 is 2.89 bits per heavy atom. The summed E-state index contributed by atoms with van der Waals surface area (Å²) < 4.78 is 15.7. The van der Waals surface area contributed by atoms with Gasteiger partial charge in [-0.1, -0.05) is 6.07 Å². The van der Waals surface area contributed by atoms with Crippen molar-refractivity contribution in [2.24, 2.45) is 5.84 Å².